The number of nitrogens with zero attached hydrogens (tertiary/aromatic N) is 2. The summed E-state index contributed by atoms with van der Waals surface area (Å²) in [4.78, 5) is 4.19. The Morgan fingerprint density at radius 2 is 2.33 bits per heavy atom. The van der Waals surface area contributed by atoms with Crippen molar-refractivity contribution in [3.8, 4) is 0 Å². The molecule has 0 spiro atoms. The van der Waals surface area contributed by atoms with Gasteiger partial charge in [-0.05, 0) is 19.3 Å². The summed E-state index contributed by atoms with van der Waals surface area (Å²) in [5, 5.41) is 0. The van der Waals surface area contributed by atoms with Gasteiger partial charge in [0.25, 0.3) is 0 Å². The van der Waals surface area contributed by atoms with Gasteiger partial charge in [-0.15, -0.1) is 0 Å². The fraction of sp³-hybridized carbons (Fsp3) is 0.700. The number of hydrogen-bond donors (Lipinski definition) is 0. The highest BCUT2D eigenvalue weighted by atomic mass is 15.0. The second-order valence-electron chi connectivity index (χ2n) is 3.52. The van der Waals surface area contributed by atoms with Crippen LogP contribution in [-0.2, 0) is 6.54 Å². The molecule has 0 aliphatic carbocycles. The topological polar surface area (TPSA) is 17.8 Å². The molecule has 0 radical (unpaired) electrons. The Bertz CT molecular complexity index is 227. The molecule has 1 heterocycles. The Morgan fingerprint density at radius 1 is 1.58 bits per heavy atom. The third-order valence-electron chi connectivity index (χ3n) is 2.21. The van der Waals surface area contributed by atoms with Crippen molar-refractivity contribution in [1.82, 2.24) is 9.55 Å². The summed E-state index contributed by atoms with van der Waals surface area (Å²) in [6, 6.07) is 0. The Labute approximate surface area is 74.6 Å². The van der Waals surface area contributed by atoms with E-state index in [2.05, 4.69) is 36.5 Å². The number of aryl methyl sites for hydroxylation is 1. The van der Waals surface area contributed by atoms with E-state index in [-0.39, 0.29) is 0 Å². The number of rotatable bonds is 4. The van der Waals surface area contributed by atoms with Crippen molar-refractivity contribution >= 4 is 0 Å². The first-order valence-corrected chi connectivity index (χ1v) is 4.71. The van der Waals surface area contributed by atoms with Crippen LogP contribution in [0.25, 0.3) is 0 Å². The number of imidazole rings is 1. The molecule has 1 aromatic heterocycles. The van der Waals surface area contributed by atoms with Gasteiger partial charge in [-0.1, -0.05) is 20.3 Å². The van der Waals surface area contributed by atoms with Crippen LogP contribution < -0.4 is 0 Å². The molecule has 0 aliphatic rings. The Kier molecular flexibility index (Phi) is 3.32. The van der Waals surface area contributed by atoms with Gasteiger partial charge in [0.15, 0.2) is 0 Å². The van der Waals surface area contributed by atoms with Gasteiger partial charge >= 0.3 is 0 Å². The summed E-state index contributed by atoms with van der Waals surface area (Å²) in [6.45, 7) is 7.69. The molecule has 1 atom stereocenters. The first kappa shape index (κ1) is 9.30. The van der Waals surface area contributed by atoms with Crippen LogP contribution in [0.1, 0.15) is 32.5 Å². The van der Waals surface area contributed by atoms with E-state index < -0.39 is 0 Å². The maximum absolute atomic E-state index is 4.19. The van der Waals surface area contributed by atoms with Crippen LogP contribution in [0.2, 0.25) is 0 Å². The predicted octanol–water partition coefficient (Wildman–Crippen LogP) is 2.63. The molecule has 0 bridgehead atoms. The van der Waals surface area contributed by atoms with Crippen molar-refractivity contribution in [3.63, 3.8) is 0 Å². The first-order chi connectivity index (χ1) is 5.74. The molecular weight excluding hydrogens is 148 g/mol. The maximum atomic E-state index is 4.19. The molecule has 1 aromatic rings. The lowest BCUT2D eigenvalue weighted by Crippen LogP contribution is -2.07. The molecule has 0 saturated carbocycles. The number of aromatic nitrogens is 2. The third kappa shape index (κ3) is 2.36. The van der Waals surface area contributed by atoms with Gasteiger partial charge in [0.1, 0.15) is 5.82 Å². The van der Waals surface area contributed by atoms with Crippen molar-refractivity contribution in [1.29, 1.82) is 0 Å². The van der Waals surface area contributed by atoms with Gasteiger partial charge < -0.3 is 4.57 Å². The zero-order chi connectivity index (χ0) is 8.97. The molecule has 0 fully saturated rings. The van der Waals surface area contributed by atoms with Gasteiger partial charge in [-0.3, -0.25) is 0 Å². The molecule has 68 valence electrons. The smallest absolute Gasteiger partial charge is 0.105 e. The number of hydrogen-bond acceptors (Lipinski definition) is 1. The molecule has 0 aromatic carbocycles. The SMILES string of the molecule is CCCC(C)Cn1ccnc1C. The average molecular weight is 166 g/mol. The van der Waals surface area contributed by atoms with Crippen LogP contribution in [-0.4, -0.2) is 9.55 Å². The van der Waals surface area contributed by atoms with Gasteiger partial charge in [0, 0.05) is 18.9 Å². The monoisotopic (exact) mass is 166 g/mol. The van der Waals surface area contributed by atoms with Crippen LogP contribution >= 0.6 is 0 Å². The third-order valence-corrected chi connectivity index (χ3v) is 2.21. The molecule has 12 heavy (non-hydrogen) atoms. The molecule has 0 amide bonds. The van der Waals surface area contributed by atoms with Crippen molar-refractivity contribution in [2.75, 3.05) is 0 Å². The Hall–Kier alpha value is -0.790. The van der Waals surface area contributed by atoms with Crippen LogP contribution in [0.5, 0.6) is 0 Å². The van der Waals surface area contributed by atoms with Gasteiger partial charge in [-0.2, -0.15) is 0 Å². The van der Waals surface area contributed by atoms with Gasteiger partial charge in [0.05, 0.1) is 0 Å². The highest BCUT2D eigenvalue weighted by molar-refractivity contribution is 4.88. The van der Waals surface area contributed by atoms with E-state index in [4.69, 9.17) is 0 Å². The quantitative estimate of drug-likeness (QED) is 0.672. The summed E-state index contributed by atoms with van der Waals surface area (Å²) >= 11 is 0. The highest BCUT2D eigenvalue weighted by Crippen LogP contribution is 2.09. The minimum absolute atomic E-state index is 0.767. The molecule has 1 rings (SSSR count). The lowest BCUT2D eigenvalue weighted by molar-refractivity contribution is 0.440. The van der Waals surface area contributed by atoms with E-state index in [0.29, 0.717) is 0 Å². The minimum Gasteiger partial charge on any atom is -0.335 e. The summed E-state index contributed by atoms with van der Waals surface area (Å²) < 4.78 is 2.22. The average Bonchev–Trinajstić information content (AvgIpc) is 2.37. The molecular formula is C10H18N2. The molecule has 2 nitrogen and oxygen atoms in total. The van der Waals surface area contributed by atoms with Gasteiger partial charge in [-0.25, -0.2) is 4.98 Å². The van der Waals surface area contributed by atoms with Crippen molar-refractivity contribution < 1.29 is 0 Å². The second kappa shape index (κ2) is 4.29. The zero-order valence-electron chi connectivity index (χ0n) is 8.25. The summed E-state index contributed by atoms with van der Waals surface area (Å²) in [6.07, 6.45) is 6.50. The lowest BCUT2D eigenvalue weighted by atomic mass is 10.1. The standard InChI is InChI=1S/C10H18N2/c1-4-5-9(2)8-12-7-6-11-10(12)3/h6-7,9H,4-5,8H2,1-3H3. The second-order valence-corrected chi connectivity index (χ2v) is 3.52. The lowest BCUT2D eigenvalue weighted by Gasteiger charge is -2.11. The molecule has 0 N–H and O–H groups in total. The molecule has 1 unspecified atom stereocenters. The summed E-state index contributed by atoms with van der Waals surface area (Å²) in [5.74, 6) is 1.89. The van der Waals surface area contributed by atoms with Crippen LogP contribution in [0.4, 0.5) is 0 Å². The van der Waals surface area contributed by atoms with Crippen molar-refractivity contribution in [3.05, 3.63) is 18.2 Å². The van der Waals surface area contributed by atoms with Crippen LogP contribution in [0.15, 0.2) is 12.4 Å². The Morgan fingerprint density at radius 3 is 2.83 bits per heavy atom. The first-order valence-electron chi connectivity index (χ1n) is 4.71. The highest BCUT2D eigenvalue weighted by Gasteiger charge is 2.03. The molecule has 0 saturated heterocycles. The maximum Gasteiger partial charge on any atom is 0.105 e. The predicted molar refractivity (Wildman–Crippen MR) is 51.0 cm³/mol. The van der Waals surface area contributed by atoms with E-state index >= 15 is 0 Å². The summed E-state index contributed by atoms with van der Waals surface area (Å²) in [5.41, 5.74) is 0. The van der Waals surface area contributed by atoms with E-state index in [1.165, 1.54) is 12.8 Å². The zero-order valence-corrected chi connectivity index (χ0v) is 8.25. The van der Waals surface area contributed by atoms with E-state index in [1.807, 2.05) is 6.20 Å². The van der Waals surface area contributed by atoms with Crippen LogP contribution in [0, 0.1) is 12.8 Å². The van der Waals surface area contributed by atoms with Crippen LogP contribution in [0.3, 0.4) is 0 Å². The molecule has 2 heteroatoms. The normalized spacial score (nSPS) is 13.2. The van der Waals surface area contributed by atoms with Crippen molar-refractivity contribution in [2.45, 2.75) is 40.2 Å². The Balaban J connectivity index is 2.46. The minimum atomic E-state index is 0.767. The fourth-order valence-electron chi connectivity index (χ4n) is 1.52. The van der Waals surface area contributed by atoms with E-state index in [0.717, 1.165) is 18.3 Å². The van der Waals surface area contributed by atoms with E-state index in [9.17, 15) is 0 Å². The van der Waals surface area contributed by atoms with E-state index in [1.54, 1.807) is 0 Å². The summed E-state index contributed by atoms with van der Waals surface area (Å²) in [7, 11) is 0. The fourth-order valence-corrected chi connectivity index (χ4v) is 1.52. The largest absolute Gasteiger partial charge is 0.335 e. The molecule has 0 aliphatic heterocycles. The van der Waals surface area contributed by atoms with Gasteiger partial charge in [0.2, 0.25) is 0 Å². The van der Waals surface area contributed by atoms with Crippen molar-refractivity contribution in [2.24, 2.45) is 5.92 Å².